The number of carbonyl (C=O) groups excluding carboxylic acids is 1. The second kappa shape index (κ2) is 7.44. The van der Waals surface area contributed by atoms with E-state index in [1.165, 1.54) is 6.07 Å². The number of aldehydes is 1. The second-order valence-electron chi connectivity index (χ2n) is 3.26. The number of furan rings is 2. The van der Waals surface area contributed by atoms with Crippen molar-refractivity contribution >= 4 is 6.29 Å². The lowest BCUT2D eigenvalue weighted by atomic mass is 10.4. The Hall–Kier alpha value is -1.89. The van der Waals surface area contributed by atoms with Gasteiger partial charge in [0, 0.05) is 1.43 Å². The van der Waals surface area contributed by atoms with E-state index in [9.17, 15) is 4.79 Å². The van der Waals surface area contributed by atoms with Crippen molar-refractivity contribution in [3.63, 3.8) is 0 Å². The molecule has 0 fully saturated rings. The molecule has 18 heavy (non-hydrogen) atoms. The topological polar surface area (TPSA) is 104 Å². The van der Waals surface area contributed by atoms with E-state index in [1.807, 2.05) is 0 Å². The molecule has 2 aromatic heterocycles. The van der Waals surface area contributed by atoms with Crippen LogP contribution in [0.3, 0.4) is 0 Å². The maximum absolute atomic E-state index is 9.96. The van der Waals surface area contributed by atoms with Crippen molar-refractivity contribution in [3.05, 3.63) is 47.3 Å². The summed E-state index contributed by atoms with van der Waals surface area (Å²) in [5.74, 6) is 1.63. The Balaban J connectivity index is 0.000000324. The molecular formula is C12H16O6. The van der Waals surface area contributed by atoms with Gasteiger partial charge in [-0.25, -0.2) is 0 Å². The maximum Gasteiger partial charge on any atom is 0.185 e. The monoisotopic (exact) mass is 256 g/mol. The van der Waals surface area contributed by atoms with Gasteiger partial charge < -0.3 is 24.2 Å². The van der Waals surface area contributed by atoms with Gasteiger partial charge in [-0.15, -0.1) is 0 Å². The Morgan fingerprint density at radius 2 is 1.33 bits per heavy atom. The molecule has 0 aliphatic carbocycles. The first kappa shape index (κ1) is 14.2. The summed E-state index contributed by atoms with van der Waals surface area (Å²) in [4.78, 5) is 9.96. The van der Waals surface area contributed by atoms with Gasteiger partial charge in [0.1, 0.15) is 37.1 Å². The van der Waals surface area contributed by atoms with Gasteiger partial charge in [0.25, 0.3) is 0 Å². The molecule has 0 unspecified atom stereocenters. The molecule has 2 aromatic rings. The van der Waals surface area contributed by atoms with E-state index in [4.69, 9.17) is 24.2 Å². The molecule has 100 valence electrons. The quantitative estimate of drug-likeness (QED) is 0.707. The zero-order valence-electron chi connectivity index (χ0n) is 9.57. The summed E-state index contributed by atoms with van der Waals surface area (Å²) in [5.41, 5.74) is 0. The van der Waals surface area contributed by atoms with Crippen LogP contribution in [-0.4, -0.2) is 21.6 Å². The molecule has 0 amide bonds. The predicted molar refractivity (Wildman–Crippen MR) is 62.7 cm³/mol. The van der Waals surface area contributed by atoms with Gasteiger partial charge in [0.2, 0.25) is 0 Å². The lowest BCUT2D eigenvalue weighted by Gasteiger charge is -1.86. The summed E-state index contributed by atoms with van der Waals surface area (Å²) in [6.07, 6.45) is 0.596. The fraction of sp³-hybridized carbons (Fsp3) is 0.250. The lowest BCUT2D eigenvalue weighted by Crippen LogP contribution is -1.76. The minimum atomic E-state index is -0.159. The first-order valence-corrected chi connectivity index (χ1v) is 5.17. The van der Waals surface area contributed by atoms with E-state index in [0.29, 0.717) is 23.6 Å². The van der Waals surface area contributed by atoms with Crippen LogP contribution in [0.25, 0.3) is 0 Å². The Morgan fingerprint density at radius 3 is 1.61 bits per heavy atom. The summed E-state index contributed by atoms with van der Waals surface area (Å²) in [7, 11) is 0. The van der Waals surface area contributed by atoms with Crippen LogP contribution in [0.15, 0.2) is 33.1 Å². The Kier molecular flexibility index (Phi) is 5.86. The van der Waals surface area contributed by atoms with Crippen molar-refractivity contribution in [2.45, 2.75) is 19.8 Å². The second-order valence-corrected chi connectivity index (χ2v) is 3.26. The number of hydrogen-bond donors (Lipinski definition) is 3. The van der Waals surface area contributed by atoms with Crippen LogP contribution in [-0.2, 0) is 19.8 Å². The van der Waals surface area contributed by atoms with E-state index in [-0.39, 0.29) is 27.0 Å². The SMILES string of the molecule is O=Cc1ccc(CO)o1.OCc1ccc(CO)o1.[HH]. The number of carbonyl (C=O) groups is 1. The number of aliphatic hydroxyl groups excluding tert-OH is 3. The third-order valence-electron chi connectivity index (χ3n) is 1.98. The van der Waals surface area contributed by atoms with Gasteiger partial charge in [-0.05, 0) is 24.3 Å². The molecule has 0 saturated carbocycles. The molecule has 0 aliphatic rings. The van der Waals surface area contributed by atoms with E-state index in [1.54, 1.807) is 18.2 Å². The predicted octanol–water partition coefficient (Wildman–Crippen LogP) is 1.09. The number of aliphatic hydroxyl groups is 3. The average Bonchev–Trinajstić information content (AvgIpc) is 3.07. The smallest absolute Gasteiger partial charge is 0.185 e. The fourth-order valence-corrected chi connectivity index (χ4v) is 1.14. The standard InChI is InChI=1S/C6H8O3.C6H6O3.H2/c2*7-3-5-1-2-6(4-8)9-5;/h1-2,7-8H,3-4H2;1-3,8H,4H2;1H. The van der Waals surface area contributed by atoms with E-state index in [2.05, 4.69) is 0 Å². The van der Waals surface area contributed by atoms with Crippen LogP contribution in [0.4, 0.5) is 0 Å². The minimum absolute atomic E-state index is 0. The van der Waals surface area contributed by atoms with Crippen LogP contribution in [0, 0.1) is 0 Å². The summed E-state index contributed by atoms with van der Waals surface area (Å²) < 4.78 is 9.65. The van der Waals surface area contributed by atoms with Gasteiger partial charge in [-0.3, -0.25) is 4.79 Å². The molecule has 2 heterocycles. The van der Waals surface area contributed by atoms with Crippen LogP contribution < -0.4 is 0 Å². The Labute approximate surface area is 105 Å². The average molecular weight is 256 g/mol. The van der Waals surface area contributed by atoms with Crippen LogP contribution >= 0.6 is 0 Å². The molecule has 6 heteroatoms. The zero-order valence-corrected chi connectivity index (χ0v) is 9.57. The van der Waals surface area contributed by atoms with Crippen molar-refractivity contribution in [1.82, 2.24) is 0 Å². The van der Waals surface area contributed by atoms with E-state index in [0.717, 1.165) is 0 Å². The number of rotatable bonds is 4. The fourth-order valence-electron chi connectivity index (χ4n) is 1.14. The maximum atomic E-state index is 9.96. The molecule has 0 radical (unpaired) electrons. The van der Waals surface area contributed by atoms with Crippen molar-refractivity contribution in [1.29, 1.82) is 0 Å². The highest BCUT2D eigenvalue weighted by atomic mass is 16.4. The normalized spacial score (nSPS) is 9.72. The highest BCUT2D eigenvalue weighted by molar-refractivity contribution is 5.70. The van der Waals surface area contributed by atoms with Gasteiger partial charge in [0.05, 0.1) is 0 Å². The third kappa shape index (κ3) is 4.17. The Morgan fingerprint density at radius 1 is 0.889 bits per heavy atom. The van der Waals surface area contributed by atoms with Crippen LogP contribution in [0.1, 0.15) is 29.3 Å². The Bertz CT molecular complexity index is 458. The van der Waals surface area contributed by atoms with Gasteiger partial charge in [0.15, 0.2) is 12.0 Å². The first-order chi connectivity index (χ1) is 8.73. The van der Waals surface area contributed by atoms with E-state index < -0.39 is 0 Å². The molecule has 0 aliphatic heterocycles. The highest BCUT2D eigenvalue weighted by Gasteiger charge is 1.97. The summed E-state index contributed by atoms with van der Waals surface area (Å²) in [6.45, 7) is -0.381. The molecule has 6 nitrogen and oxygen atoms in total. The molecular weight excluding hydrogens is 240 g/mol. The zero-order chi connectivity index (χ0) is 13.4. The largest absolute Gasteiger partial charge is 0.461 e. The molecule has 0 atom stereocenters. The summed E-state index contributed by atoms with van der Waals surface area (Å²) >= 11 is 0. The first-order valence-electron chi connectivity index (χ1n) is 5.17. The molecule has 0 aromatic carbocycles. The summed E-state index contributed by atoms with van der Waals surface area (Å²) in [6, 6.07) is 6.33. The molecule has 0 bridgehead atoms. The van der Waals surface area contributed by atoms with E-state index >= 15 is 0 Å². The van der Waals surface area contributed by atoms with Crippen LogP contribution in [0.5, 0.6) is 0 Å². The van der Waals surface area contributed by atoms with Crippen molar-refractivity contribution < 1.29 is 30.4 Å². The van der Waals surface area contributed by atoms with Gasteiger partial charge in [-0.2, -0.15) is 0 Å². The molecule has 3 N–H and O–H groups in total. The van der Waals surface area contributed by atoms with Gasteiger partial charge in [-0.1, -0.05) is 0 Å². The van der Waals surface area contributed by atoms with Crippen molar-refractivity contribution in [2.75, 3.05) is 0 Å². The highest BCUT2D eigenvalue weighted by Crippen LogP contribution is 2.06. The van der Waals surface area contributed by atoms with Crippen molar-refractivity contribution in [2.24, 2.45) is 0 Å². The lowest BCUT2D eigenvalue weighted by molar-refractivity contribution is 0.109. The third-order valence-corrected chi connectivity index (χ3v) is 1.98. The number of hydrogen-bond acceptors (Lipinski definition) is 6. The molecule has 0 spiro atoms. The molecule has 2 rings (SSSR count). The van der Waals surface area contributed by atoms with Crippen molar-refractivity contribution in [3.8, 4) is 0 Å². The van der Waals surface area contributed by atoms with Crippen LogP contribution in [0.2, 0.25) is 0 Å². The summed E-state index contributed by atoms with van der Waals surface area (Å²) in [5, 5.41) is 25.4. The minimum Gasteiger partial charge on any atom is -0.461 e. The molecule has 0 saturated heterocycles. The van der Waals surface area contributed by atoms with Gasteiger partial charge >= 0.3 is 0 Å².